The number of amides is 1. The number of carbonyl (C=O) groups is 1. The molecule has 1 aromatic heterocycles. The van der Waals surface area contributed by atoms with Crippen molar-refractivity contribution in [3.05, 3.63) is 59.9 Å². The Hall–Kier alpha value is -2.82. The molecule has 32 heavy (non-hydrogen) atoms. The minimum atomic E-state index is 0.164. The Kier molecular flexibility index (Phi) is 7.46. The minimum absolute atomic E-state index is 0.164. The Morgan fingerprint density at radius 2 is 1.84 bits per heavy atom. The molecule has 0 saturated heterocycles. The zero-order valence-electron chi connectivity index (χ0n) is 19.3. The van der Waals surface area contributed by atoms with Crippen LogP contribution >= 0.6 is 0 Å². The van der Waals surface area contributed by atoms with Crippen LogP contribution in [0.1, 0.15) is 69.7 Å². The largest absolute Gasteiger partial charge is 0.494 e. The second kappa shape index (κ2) is 10.7. The second-order valence-electron chi connectivity index (χ2n) is 9.15. The molecule has 5 heteroatoms. The standard InChI is InChI=1S/C27H35N3O2/c1-20(2)21-13-15-23(16-14-21)32-18-8-17-30-25-12-7-6-11-24(25)29-26(30)19-28-27(31)22-9-4-3-5-10-22/h6-7,11-16,20,22H,3-5,8-10,17-19H2,1-2H3,(H,28,31). The van der Waals surface area contributed by atoms with Crippen LogP contribution in [0.25, 0.3) is 11.0 Å². The fraction of sp³-hybridized carbons (Fsp3) is 0.481. The average molecular weight is 434 g/mol. The lowest BCUT2D eigenvalue weighted by atomic mass is 9.89. The molecule has 0 unspecified atom stereocenters. The lowest BCUT2D eigenvalue weighted by molar-refractivity contribution is -0.126. The Bertz CT molecular complexity index is 1020. The van der Waals surface area contributed by atoms with E-state index in [1.807, 2.05) is 30.3 Å². The van der Waals surface area contributed by atoms with Gasteiger partial charge in [-0.3, -0.25) is 4.79 Å². The molecule has 1 fully saturated rings. The maximum absolute atomic E-state index is 12.6. The van der Waals surface area contributed by atoms with E-state index in [9.17, 15) is 4.79 Å². The summed E-state index contributed by atoms with van der Waals surface area (Å²) in [7, 11) is 0. The molecule has 0 radical (unpaired) electrons. The first-order valence-corrected chi connectivity index (χ1v) is 12.1. The SMILES string of the molecule is CC(C)c1ccc(OCCCn2c(CNC(=O)C3CCCCC3)nc3ccccc32)cc1. The maximum atomic E-state index is 12.6. The first kappa shape index (κ1) is 22.4. The van der Waals surface area contributed by atoms with Gasteiger partial charge in [0.25, 0.3) is 0 Å². The van der Waals surface area contributed by atoms with Gasteiger partial charge in [0.05, 0.1) is 24.2 Å². The summed E-state index contributed by atoms with van der Waals surface area (Å²) in [6.07, 6.45) is 6.47. The van der Waals surface area contributed by atoms with Crippen molar-refractivity contribution in [2.45, 2.75) is 71.4 Å². The van der Waals surface area contributed by atoms with Crippen LogP contribution in [-0.4, -0.2) is 22.1 Å². The minimum Gasteiger partial charge on any atom is -0.494 e. The van der Waals surface area contributed by atoms with Gasteiger partial charge in [-0.25, -0.2) is 4.98 Å². The van der Waals surface area contributed by atoms with Gasteiger partial charge in [0.1, 0.15) is 11.6 Å². The van der Waals surface area contributed by atoms with Gasteiger partial charge in [-0.2, -0.15) is 0 Å². The smallest absolute Gasteiger partial charge is 0.223 e. The molecule has 0 atom stereocenters. The molecule has 170 valence electrons. The van der Waals surface area contributed by atoms with E-state index in [-0.39, 0.29) is 11.8 Å². The molecule has 1 amide bonds. The molecule has 3 aromatic rings. The molecule has 1 heterocycles. The predicted octanol–water partition coefficient (Wildman–Crippen LogP) is 5.83. The molecule has 1 saturated carbocycles. The number of carbonyl (C=O) groups excluding carboxylic acids is 1. The lowest BCUT2D eigenvalue weighted by Crippen LogP contribution is -2.32. The summed E-state index contributed by atoms with van der Waals surface area (Å²) in [6.45, 7) is 6.31. The van der Waals surface area contributed by atoms with E-state index in [0.717, 1.165) is 61.3 Å². The van der Waals surface area contributed by atoms with Crippen LogP contribution in [0.4, 0.5) is 0 Å². The first-order chi connectivity index (χ1) is 15.6. The van der Waals surface area contributed by atoms with Crippen LogP contribution in [0.3, 0.4) is 0 Å². The summed E-state index contributed by atoms with van der Waals surface area (Å²) < 4.78 is 8.19. The van der Waals surface area contributed by atoms with Crippen LogP contribution in [-0.2, 0) is 17.9 Å². The molecule has 0 aliphatic heterocycles. The summed E-state index contributed by atoms with van der Waals surface area (Å²) in [5, 5.41) is 3.15. The zero-order valence-corrected chi connectivity index (χ0v) is 19.3. The van der Waals surface area contributed by atoms with Crippen LogP contribution < -0.4 is 10.1 Å². The van der Waals surface area contributed by atoms with Gasteiger partial charge in [0, 0.05) is 12.5 Å². The quantitative estimate of drug-likeness (QED) is 0.432. The summed E-state index contributed by atoms with van der Waals surface area (Å²) in [6, 6.07) is 16.5. The van der Waals surface area contributed by atoms with Crippen LogP contribution in [0.5, 0.6) is 5.75 Å². The molecule has 1 aliphatic rings. The van der Waals surface area contributed by atoms with Crippen molar-refractivity contribution in [3.8, 4) is 5.75 Å². The predicted molar refractivity (Wildman–Crippen MR) is 129 cm³/mol. The number of para-hydroxylation sites is 2. The van der Waals surface area contributed by atoms with E-state index in [1.54, 1.807) is 0 Å². The molecule has 5 nitrogen and oxygen atoms in total. The van der Waals surface area contributed by atoms with E-state index in [0.29, 0.717) is 19.1 Å². The number of aryl methyl sites for hydroxylation is 1. The Morgan fingerprint density at radius 1 is 1.09 bits per heavy atom. The number of imidazole rings is 1. The summed E-state index contributed by atoms with van der Waals surface area (Å²) in [4.78, 5) is 17.4. The topological polar surface area (TPSA) is 56.1 Å². The second-order valence-corrected chi connectivity index (χ2v) is 9.15. The van der Waals surface area contributed by atoms with Crippen LogP contribution in [0, 0.1) is 5.92 Å². The number of nitrogens with one attached hydrogen (secondary N) is 1. The van der Waals surface area contributed by atoms with Crippen molar-refractivity contribution in [3.63, 3.8) is 0 Å². The van der Waals surface area contributed by atoms with Gasteiger partial charge in [-0.05, 0) is 55.0 Å². The molecular weight excluding hydrogens is 398 g/mol. The number of ether oxygens (including phenoxy) is 1. The number of nitrogens with zero attached hydrogens (tertiary/aromatic N) is 2. The Labute approximate surface area is 191 Å². The van der Waals surface area contributed by atoms with Gasteiger partial charge >= 0.3 is 0 Å². The first-order valence-electron chi connectivity index (χ1n) is 12.1. The van der Waals surface area contributed by atoms with Crippen molar-refractivity contribution >= 4 is 16.9 Å². The van der Waals surface area contributed by atoms with Gasteiger partial charge < -0.3 is 14.6 Å². The third-order valence-electron chi connectivity index (χ3n) is 6.47. The van der Waals surface area contributed by atoms with Crippen LogP contribution in [0.2, 0.25) is 0 Å². The monoisotopic (exact) mass is 433 g/mol. The van der Waals surface area contributed by atoms with Crippen LogP contribution in [0.15, 0.2) is 48.5 Å². The Balaban J connectivity index is 1.36. The number of hydrogen-bond acceptors (Lipinski definition) is 3. The number of hydrogen-bond donors (Lipinski definition) is 1. The van der Waals surface area contributed by atoms with Gasteiger partial charge in [-0.1, -0.05) is 57.4 Å². The Morgan fingerprint density at radius 3 is 2.59 bits per heavy atom. The van der Waals surface area contributed by atoms with E-state index >= 15 is 0 Å². The molecule has 4 rings (SSSR count). The molecular formula is C27H35N3O2. The molecule has 0 bridgehead atoms. The third kappa shape index (κ3) is 5.50. The fourth-order valence-corrected chi connectivity index (χ4v) is 4.55. The highest BCUT2D eigenvalue weighted by molar-refractivity contribution is 5.79. The van der Waals surface area contributed by atoms with E-state index in [1.165, 1.54) is 12.0 Å². The van der Waals surface area contributed by atoms with Gasteiger partial charge in [-0.15, -0.1) is 0 Å². The summed E-state index contributed by atoms with van der Waals surface area (Å²) >= 11 is 0. The summed E-state index contributed by atoms with van der Waals surface area (Å²) in [5.74, 6) is 2.69. The highest BCUT2D eigenvalue weighted by atomic mass is 16.5. The van der Waals surface area contributed by atoms with Crippen molar-refractivity contribution in [1.29, 1.82) is 0 Å². The summed E-state index contributed by atoms with van der Waals surface area (Å²) in [5.41, 5.74) is 3.40. The lowest BCUT2D eigenvalue weighted by Gasteiger charge is -2.20. The highest BCUT2D eigenvalue weighted by Gasteiger charge is 2.21. The average Bonchev–Trinajstić information content (AvgIpc) is 3.18. The molecule has 2 aromatic carbocycles. The normalized spacial score (nSPS) is 14.7. The highest BCUT2D eigenvalue weighted by Crippen LogP contribution is 2.24. The van der Waals surface area contributed by atoms with Crippen molar-refractivity contribution in [2.24, 2.45) is 5.92 Å². The number of rotatable bonds is 9. The zero-order chi connectivity index (χ0) is 22.3. The van der Waals surface area contributed by atoms with E-state index in [2.05, 4.69) is 41.9 Å². The van der Waals surface area contributed by atoms with Crippen molar-refractivity contribution < 1.29 is 9.53 Å². The third-order valence-corrected chi connectivity index (χ3v) is 6.47. The molecule has 0 spiro atoms. The van der Waals surface area contributed by atoms with Gasteiger partial charge in [0.15, 0.2) is 0 Å². The van der Waals surface area contributed by atoms with Crippen molar-refractivity contribution in [2.75, 3.05) is 6.61 Å². The van der Waals surface area contributed by atoms with E-state index < -0.39 is 0 Å². The number of benzene rings is 2. The number of fused-ring (bicyclic) bond motifs is 1. The van der Waals surface area contributed by atoms with Gasteiger partial charge in [0.2, 0.25) is 5.91 Å². The van der Waals surface area contributed by atoms with E-state index in [4.69, 9.17) is 9.72 Å². The molecule has 1 N–H and O–H groups in total. The molecule has 1 aliphatic carbocycles. The van der Waals surface area contributed by atoms with Crippen molar-refractivity contribution in [1.82, 2.24) is 14.9 Å². The number of aromatic nitrogens is 2. The maximum Gasteiger partial charge on any atom is 0.223 e. The fourth-order valence-electron chi connectivity index (χ4n) is 4.55.